The van der Waals surface area contributed by atoms with E-state index in [-0.39, 0.29) is 0 Å². The van der Waals surface area contributed by atoms with Gasteiger partial charge in [-0.1, -0.05) is 30.7 Å². The normalized spacial score (nSPS) is 12.4. The topological polar surface area (TPSA) is 55.1 Å². The highest BCUT2D eigenvalue weighted by Gasteiger charge is 2.19. The van der Waals surface area contributed by atoms with Gasteiger partial charge >= 0.3 is 5.97 Å². The Morgan fingerprint density at radius 2 is 2.05 bits per heavy atom. The summed E-state index contributed by atoms with van der Waals surface area (Å²) in [6.07, 6.45) is 0.470. The summed E-state index contributed by atoms with van der Waals surface area (Å²) in [5.74, 6) is -1.23. The summed E-state index contributed by atoms with van der Waals surface area (Å²) in [6, 6.07) is 7.47. The average molecular weight is 293 g/mol. The molecular weight excluding hydrogens is 276 g/mol. The number of aryl methyl sites for hydroxylation is 1. The minimum atomic E-state index is -0.797. The second-order valence-electron chi connectivity index (χ2n) is 4.96. The van der Waals surface area contributed by atoms with Crippen LogP contribution < -0.4 is 0 Å². The summed E-state index contributed by atoms with van der Waals surface area (Å²) in [5.41, 5.74) is 3.56. The molecule has 1 aromatic heterocycles. The van der Waals surface area contributed by atoms with E-state index in [1.165, 1.54) is 0 Å². The molecule has 5 heteroatoms. The lowest BCUT2D eigenvalue weighted by Crippen LogP contribution is -2.13. The zero-order chi connectivity index (χ0) is 14.9. The third-order valence-corrected chi connectivity index (χ3v) is 3.77. The molecule has 0 fully saturated rings. The van der Waals surface area contributed by atoms with Crippen LogP contribution in [0.1, 0.15) is 23.9 Å². The molecule has 1 unspecified atom stereocenters. The van der Waals surface area contributed by atoms with Crippen molar-refractivity contribution in [3.63, 3.8) is 0 Å². The van der Waals surface area contributed by atoms with Crippen LogP contribution in [0.15, 0.2) is 24.3 Å². The highest BCUT2D eigenvalue weighted by molar-refractivity contribution is 6.32. The van der Waals surface area contributed by atoms with Crippen LogP contribution in [-0.4, -0.2) is 20.9 Å². The third kappa shape index (κ3) is 2.70. The van der Waals surface area contributed by atoms with Gasteiger partial charge < -0.3 is 5.11 Å². The molecule has 0 bridgehead atoms. The first-order valence-corrected chi connectivity index (χ1v) is 6.82. The number of para-hydroxylation sites is 1. The van der Waals surface area contributed by atoms with Crippen LogP contribution in [0.4, 0.5) is 0 Å². The van der Waals surface area contributed by atoms with E-state index in [2.05, 4.69) is 5.10 Å². The fourth-order valence-electron chi connectivity index (χ4n) is 2.22. The van der Waals surface area contributed by atoms with E-state index in [0.717, 1.165) is 22.6 Å². The quantitative estimate of drug-likeness (QED) is 0.939. The first-order chi connectivity index (χ1) is 9.41. The van der Waals surface area contributed by atoms with Crippen LogP contribution in [0.3, 0.4) is 0 Å². The fourth-order valence-corrected chi connectivity index (χ4v) is 2.44. The molecule has 1 aromatic carbocycles. The minimum absolute atomic E-state index is 0.434. The van der Waals surface area contributed by atoms with E-state index in [1.807, 2.05) is 38.1 Å². The van der Waals surface area contributed by atoms with Crippen molar-refractivity contribution in [3.8, 4) is 5.69 Å². The summed E-state index contributed by atoms with van der Waals surface area (Å²) in [5, 5.41) is 14.2. The van der Waals surface area contributed by atoms with Gasteiger partial charge in [0, 0.05) is 5.69 Å². The van der Waals surface area contributed by atoms with Crippen LogP contribution in [0, 0.1) is 19.8 Å². The number of aromatic nitrogens is 2. The summed E-state index contributed by atoms with van der Waals surface area (Å²) in [7, 11) is 0. The van der Waals surface area contributed by atoms with E-state index in [1.54, 1.807) is 11.6 Å². The molecule has 2 rings (SSSR count). The van der Waals surface area contributed by atoms with Gasteiger partial charge in [-0.25, -0.2) is 4.68 Å². The van der Waals surface area contributed by atoms with Crippen LogP contribution in [0.5, 0.6) is 0 Å². The molecule has 1 atom stereocenters. The Labute approximate surface area is 123 Å². The smallest absolute Gasteiger partial charge is 0.306 e. The molecule has 0 saturated heterocycles. The van der Waals surface area contributed by atoms with Crippen LogP contribution in [0.25, 0.3) is 5.69 Å². The molecule has 20 heavy (non-hydrogen) atoms. The Hall–Kier alpha value is -1.81. The van der Waals surface area contributed by atoms with E-state index >= 15 is 0 Å². The number of benzene rings is 1. The zero-order valence-electron chi connectivity index (χ0n) is 11.7. The number of carbonyl (C=O) groups is 1. The van der Waals surface area contributed by atoms with Gasteiger partial charge in [0.25, 0.3) is 0 Å². The van der Waals surface area contributed by atoms with Crippen molar-refractivity contribution in [2.75, 3.05) is 0 Å². The third-order valence-electron chi connectivity index (χ3n) is 3.45. The van der Waals surface area contributed by atoms with Crippen molar-refractivity contribution in [3.05, 3.63) is 46.2 Å². The Morgan fingerprint density at radius 1 is 1.40 bits per heavy atom. The molecule has 0 spiro atoms. The maximum atomic E-state index is 11.0. The summed E-state index contributed by atoms with van der Waals surface area (Å²) in [6.45, 7) is 5.53. The van der Waals surface area contributed by atoms with Gasteiger partial charge in [-0.15, -0.1) is 0 Å². The monoisotopic (exact) mass is 292 g/mol. The largest absolute Gasteiger partial charge is 0.481 e. The maximum absolute atomic E-state index is 11.0. The second-order valence-corrected chi connectivity index (χ2v) is 5.36. The van der Waals surface area contributed by atoms with Crippen molar-refractivity contribution < 1.29 is 9.90 Å². The van der Waals surface area contributed by atoms with Crippen LogP contribution >= 0.6 is 11.6 Å². The van der Waals surface area contributed by atoms with Gasteiger partial charge in [0.1, 0.15) is 0 Å². The van der Waals surface area contributed by atoms with Crippen molar-refractivity contribution >= 4 is 17.6 Å². The molecule has 0 aliphatic carbocycles. The van der Waals surface area contributed by atoms with E-state index in [9.17, 15) is 4.79 Å². The second kappa shape index (κ2) is 5.67. The average Bonchev–Trinajstić information content (AvgIpc) is 2.67. The summed E-state index contributed by atoms with van der Waals surface area (Å²) >= 11 is 6.19. The Morgan fingerprint density at radius 3 is 2.65 bits per heavy atom. The predicted molar refractivity (Wildman–Crippen MR) is 78.6 cm³/mol. The molecule has 1 N–H and O–H groups in total. The molecule has 0 aliphatic heterocycles. The fraction of sp³-hybridized carbons (Fsp3) is 0.333. The zero-order valence-corrected chi connectivity index (χ0v) is 12.5. The lowest BCUT2D eigenvalue weighted by atomic mass is 10.00. The van der Waals surface area contributed by atoms with Crippen molar-refractivity contribution in [1.82, 2.24) is 9.78 Å². The molecule has 106 valence electrons. The number of carboxylic acid groups (broad SMARTS) is 1. The first-order valence-electron chi connectivity index (χ1n) is 6.44. The van der Waals surface area contributed by atoms with Crippen molar-refractivity contribution in [2.45, 2.75) is 27.2 Å². The molecule has 1 heterocycles. The van der Waals surface area contributed by atoms with Gasteiger partial charge in [0.05, 0.1) is 22.3 Å². The molecule has 2 aromatic rings. The highest BCUT2D eigenvalue weighted by Crippen LogP contribution is 2.25. The lowest BCUT2D eigenvalue weighted by molar-refractivity contribution is -0.141. The predicted octanol–water partition coefficient (Wildman–Crippen LogP) is 3.41. The van der Waals surface area contributed by atoms with E-state index in [0.29, 0.717) is 11.4 Å². The van der Waals surface area contributed by atoms with Crippen molar-refractivity contribution in [1.29, 1.82) is 0 Å². The summed E-state index contributed by atoms with van der Waals surface area (Å²) < 4.78 is 1.78. The first kappa shape index (κ1) is 14.6. The number of rotatable bonds is 4. The molecule has 0 amide bonds. The Bertz CT molecular complexity index is 649. The number of carboxylic acids is 1. The van der Waals surface area contributed by atoms with Gasteiger partial charge in [-0.3, -0.25) is 4.79 Å². The number of nitrogens with zero attached hydrogens (tertiary/aromatic N) is 2. The maximum Gasteiger partial charge on any atom is 0.306 e. The van der Waals surface area contributed by atoms with Gasteiger partial charge in [-0.2, -0.15) is 5.10 Å². The van der Waals surface area contributed by atoms with Crippen LogP contribution in [-0.2, 0) is 11.2 Å². The Kier molecular flexibility index (Phi) is 4.14. The molecule has 0 aliphatic rings. The van der Waals surface area contributed by atoms with E-state index in [4.69, 9.17) is 16.7 Å². The van der Waals surface area contributed by atoms with Crippen LogP contribution in [0.2, 0.25) is 5.02 Å². The molecule has 0 radical (unpaired) electrons. The highest BCUT2D eigenvalue weighted by atomic mass is 35.5. The number of aliphatic carboxylic acids is 1. The standard InChI is InChI=1S/C15H17ClN2O2/c1-9(15(19)20)8-12-10(2)17-18(11(12)3)14-7-5-4-6-13(14)16/h4-7,9H,8H2,1-3H3,(H,19,20). The van der Waals surface area contributed by atoms with Crippen molar-refractivity contribution in [2.24, 2.45) is 5.92 Å². The molecule has 4 nitrogen and oxygen atoms in total. The Balaban J connectivity index is 2.44. The minimum Gasteiger partial charge on any atom is -0.481 e. The van der Waals surface area contributed by atoms with Gasteiger partial charge in [0.15, 0.2) is 0 Å². The number of hydrogen-bond donors (Lipinski definition) is 1. The van der Waals surface area contributed by atoms with Gasteiger partial charge in [0.2, 0.25) is 0 Å². The van der Waals surface area contributed by atoms with E-state index < -0.39 is 11.9 Å². The summed E-state index contributed by atoms with van der Waals surface area (Å²) in [4.78, 5) is 11.0. The molecular formula is C15H17ClN2O2. The number of halogens is 1. The lowest BCUT2D eigenvalue weighted by Gasteiger charge is -2.09. The van der Waals surface area contributed by atoms with Gasteiger partial charge in [-0.05, 0) is 38.0 Å². The number of hydrogen-bond acceptors (Lipinski definition) is 2. The molecule has 0 saturated carbocycles. The SMILES string of the molecule is Cc1nn(-c2ccccc2Cl)c(C)c1CC(C)C(=O)O.